The van der Waals surface area contributed by atoms with E-state index in [-0.39, 0.29) is 5.91 Å². The minimum absolute atomic E-state index is 0.274. The molecule has 0 radical (unpaired) electrons. The molecule has 0 saturated heterocycles. The largest absolute Gasteiger partial charge is 0.355 e. The van der Waals surface area contributed by atoms with Crippen LogP contribution in [0.15, 0.2) is 79.1 Å². The van der Waals surface area contributed by atoms with Gasteiger partial charge in [0.25, 0.3) is 5.91 Å². The topological polar surface area (TPSA) is 66.9 Å². The van der Waals surface area contributed by atoms with E-state index in [2.05, 4.69) is 40.5 Å². The zero-order chi connectivity index (χ0) is 20.2. The van der Waals surface area contributed by atoms with Gasteiger partial charge >= 0.3 is 0 Å². The van der Waals surface area contributed by atoms with Crippen LogP contribution < -0.4 is 10.6 Å². The van der Waals surface area contributed by atoms with E-state index < -0.39 is 0 Å². The van der Waals surface area contributed by atoms with Gasteiger partial charge in [0.2, 0.25) is 0 Å². The predicted octanol–water partition coefficient (Wildman–Crippen LogP) is 5.75. The van der Waals surface area contributed by atoms with Crippen LogP contribution in [0, 0.1) is 0 Å². The fraction of sp³-hybridized carbons (Fsp3) is 0.125. The van der Waals surface area contributed by atoms with Crippen LogP contribution in [0.25, 0.3) is 10.9 Å². The summed E-state index contributed by atoms with van der Waals surface area (Å²) >= 11 is 0. The summed E-state index contributed by atoms with van der Waals surface area (Å²) < 4.78 is 0. The third-order valence-electron chi connectivity index (χ3n) is 4.74. The number of anilines is 3. The van der Waals surface area contributed by atoms with Crippen molar-refractivity contribution in [2.45, 2.75) is 19.8 Å². The fourth-order valence-corrected chi connectivity index (χ4v) is 3.29. The quantitative estimate of drug-likeness (QED) is 0.461. The highest BCUT2D eigenvalue weighted by Gasteiger charge is 2.12. The number of amides is 1. The molecular weight excluding hydrogens is 360 g/mol. The number of rotatable bonds is 5. The van der Waals surface area contributed by atoms with Crippen molar-refractivity contribution in [3.8, 4) is 0 Å². The maximum atomic E-state index is 12.8. The van der Waals surface area contributed by atoms with Gasteiger partial charge in [0.1, 0.15) is 5.69 Å². The highest BCUT2D eigenvalue weighted by atomic mass is 16.1. The fourth-order valence-electron chi connectivity index (χ4n) is 3.29. The molecule has 2 aromatic carbocycles. The highest BCUT2D eigenvalue weighted by molar-refractivity contribution is 6.07. The maximum Gasteiger partial charge on any atom is 0.274 e. The number of nitrogens with one attached hydrogen (secondary N) is 2. The van der Waals surface area contributed by atoms with Crippen LogP contribution in [-0.2, 0) is 0 Å². The van der Waals surface area contributed by atoms with Crippen molar-refractivity contribution < 1.29 is 4.79 Å². The Bertz CT molecular complexity index is 1160. The average Bonchev–Trinajstić information content (AvgIpc) is 2.74. The number of nitrogens with zero attached hydrogens (tertiary/aromatic N) is 2. The third kappa shape index (κ3) is 4.09. The molecule has 2 aromatic heterocycles. The number of para-hydroxylation sites is 2. The van der Waals surface area contributed by atoms with Gasteiger partial charge in [0.15, 0.2) is 0 Å². The van der Waals surface area contributed by atoms with Crippen molar-refractivity contribution in [2.75, 3.05) is 10.6 Å². The number of aromatic nitrogens is 2. The molecule has 0 aliphatic rings. The molecule has 4 rings (SSSR count). The molecular formula is C24H22N4O. The minimum atomic E-state index is -0.274. The summed E-state index contributed by atoms with van der Waals surface area (Å²) in [4.78, 5) is 21.4. The monoisotopic (exact) mass is 382 g/mol. The van der Waals surface area contributed by atoms with Crippen molar-refractivity contribution in [3.63, 3.8) is 0 Å². The van der Waals surface area contributed by atoms with Gasteiger partial charge in [-0.2, -0.15) is 0 Å². The van der Waals surface area contributed by atoms with Gasteiger partial charge in [-0.25, -0.2) is 0 Å². The predicted molar refractivity (Wildman–Crippen MR) is 118 cm³/mol. The van der Waals surface area contributed by atoms with E-state index in [1.807, 2.05) is 54.6 Å². The van der Waals surface area contributed by atoms with Gasteiger partial charge in [0, 0.05) is 29.2 Å². The third-order valence-corrected chi connectivity index (χ3v) is 4.74. The summed E-state index contributed by atoms with van der Waals surface area (Å²) in [5.74, 6) is 0.117. The molecule has 4 aromatic rings. The Labute approximate surface area is 169 Å². The van der Waals surface area contributed by atoms with Crippen molar-refractivity contribution in [1.82, 2.24) is 9.97 Å². The molecule has 0 atom stereocenters. The first-order chi connectivity index (χ1) is 14.1. The Morgan fingerprint density at radius 2 is 1.66 bits per heavy atom. The zero-order valence-electron chi connectivity index (χ0n) is 16.4. The lowest BCUT2D eigenvalue weighted by molar-refractivity contribution is 0.102. The summed E-state index contributed by atoms with van der Waals surface area (Å²) in [6, 6.07) is 21.3. The molecule has 2 heterocycles. The minimum Gasteiger partial charge on any atom is -0.355 e. The van der Waals surface area contributed by atoms with Crippen molar-refractivity contribution in [3.05, 3.63) is 90.4 Å². The first-order valence-electron chi connectivity index (χ1n) is 9.59. The number of hydrogen-bond donors (Lipinski definition) is 2. The Balaban J connectivity index is 1.58. The van der Waals surface area contributed by atoms with E-state index in [0.29, 0.717) is 17.3 Å². The number of carbonyl (C=O) groups excluding carboxylic acids is 1. The average molecular weight is 382 g/mol. The lowest BCUT2D eigenvalue weighted by Gasteiger charge is -2.15. The van der Waals surface area contributed by atoms with E-state index in [1.54, 1.807) is 18.5 Å². The van der Waals surface area contributed by atoms with E-state index in [4.69, 9.17) is 0 Å². The second-order valence-electron chi connectivity index (χ2n) is 7.13. The van der Waals surface area contributed by atoms with Gasteiger partial charge in [0.05, 0.1) is 11.2 Å². The van der Waals surface area contributed by atoms with Crippen molar-refractivity contribution in [2.24, 2.45) is 0 Å². The maximum absolute atomic E-state index is 12.8. The highest BCUT2D eigenvalue weighted by Crippen LogP contribution is 2.27. The number of pyridine rings is 2. The van der Waals surface area contributed by atoms with Crippen LogP contribution in [0.1, 0.15) is 35.8 Å². The Morgan fingerprint density at radius 1 is 0.862 bits per heavy atom. The van der Waals surface area contributed by atoms with Gasteiger partial charge < -0.3 is 10.6 Å². The number of carbonyl (C=O) groups is 1. The smallest absolute Gasteiger partial charge is 0.274 e. The number of benzene rings is 2. The molecule has 2 N–H and O–H groups in total. The van der Waals surface area contributed by atoms with Crippen LogP contribution in [0.2, 0.25) is 0 Å². The standard InChI is InChI=1S/C24H22N4O/c1-16(2)19-9-3-4-10-20(19)27-18-12-14-25-22(15-18)24(29)28-21-11-5-7-17-8-6-13-26-23(17)21/h3-16H,1-2H3,(H,25,27)(H,28,29). The molecule has 144 valence electrons. The first kappa shape index (κ1) is 18.6. The van der Waals surface area contributed by atoms with Crippen LogP contribution in [-0.4, -0.2) is 15.9 Å². The van der Waals surface area contributed by atoms with E-state index >= 15 is 0 Å². The van der Waals surface area contributed by atoms with E-state index in [0.717, 1.165) is 22.3 Å². The molecule has 5 heteroatoms. The second-order valence-corrected chi connectivity index (χ2v) is 7.13. The van der Waals surface area contributed by atoms with Gasteiger partial charge in [-0.05, 0) is 41.8 Å². The zero-order valence-corrected chi connectivity index (χ0v) is 16.4. The van der Waals surface area contributed by atoms with E-state index in [1.165, 1.54) is 5.56 Å². The summed E-state index contributed by atoms with van der Waals surface area (Å²) in [5, 5.41) is 7.31. The molecule has 0 bridgehead atoms. The number of fused-ring (bicyclic) bond motifs is 1. The van der Waals surface area contributed by atoms with E-state index in [9.17, 15) is 4.79 Å². The molecule has 0 saturated carbocycles. The van der Waals surface area contributed by atoms with Crippen LogP contribution >= 0.6 is 0 Å². The van der Waals surface area contributed by atoms with Gasteiger partial charge in [-0.1, -0.05) is 50.2 Å². The lowest BCUT2D eigenvalue weighted by Crippen LogP contribution is -2.14. The van der Waals surface area contributed by atoms with Crippen molar-refractivity contribution >= 4 is 33.9 Å². The SMILES string of the molecule is CC(C)c1ccccc1Nc1ccnc(C(=O)Nc2cccc3cccnc23)c1. The first-order valence-corrected chi connectivity index (χ1v) is 9.59. The van der Waals surface area contributed by atoms with Crippen LogP contribution in [0.3, 0.4) is 0 Å². The van der Waals surface area contributed by atoms with Gasteiger partial charge in [-0.3, -0.25) is 14.8 Å². The summed E-state index contributed by atoms with van der Waals surface area (Å²) in [6.07, 6.45) is 3.35. The lowest BCUT2D eigenvalue weighted by atomic mass is 10.0. The Hall–Kier alpha value is -3.73. The molecule has 29 heavy (non-hydrogen) atoms. The van der Waals surface area contributed by atoms with Crippen LogP contribution in [0.4, 0.5) is 17.1 Å². The summed E-state index contributed by atoms with van der Waals surface area (Å²) in [5.41, 5.74) is 4.82. The van der Waals surface area contributed by atoms with Gasteiger partial charge in [-0.15, -0.1) is 0 Å². The summed E-state index contributed by atoms with van der Waals surface area (Å²) in [7, 11) is 0. The molecule has 0 aliphatic carbocycles. The molecule has 0 spiro atoms. The summed E-state index contributed by atoms with van der Waals surface area (Å²) in [6.45, 7) is 4.31. The molecule has 0 aliphatic heterocycles. The Morgan fingerprint density at radius 3 is 2.52 bits per heavy atom. The molecule has 5 nitrogen and oxygen atoms in total. The number of hydrogen-bond acceptors (Lipinski definition) is 4. The molecule has 0 unspecified atom stereocenters. The molecule has 0 fully saturated rings. The van der Waals surface area contributed by atoms with Crippen LogP contribution in [0.5, 0.6) is 0 Å². The second kappa shape index (κ2) is 8.10. The Kier molecular flexibility index (Phi) is 5.20. The van der Waals surface area contributed by atoms with Crippen molar-refractivity contribution in [1.29, 1.82) is 0 Å². The molecule has 1 amide bonds. The normalized spacial score (nSPS) is 10.9.